The Balaban J connectivity index is 1.68. The molecule has 1 heterocycles. The van der Waals surface area contributed by atoms with Crippen LogP contribution in [0.1, 0.15) is 5.56 Å². The van der Waals surface area contributed by atoms with Gasteiger partial charge < -0.3 is 5.32 Å². The molecule has 0 saturated carbocycles. The third kappa shape index (κ3) is 3.22. The van der Waals surface area contributed by atoms with Gasteiger partial charge >= 0.3 is 0 Å². The highest BCUT2D eigenvalue weighted by molar-refractivity contribution is 5.48. The van der Waals surface area contributed by atoms with Gasteiger partial charge in [0.25, 0.3) is 0 Å². The van der Waals surface area contributed by atoms with Gasteiger partial charge in [-0.05, 0) is 42.0 Å². The molecule has 0 spiro atoms. The molecule has 0 bridgehead atoms. The summed E-state index contributed by atoms with van der Waals surface area (Å²) in [4.78, 5) is 1.51. The van der Waals surface area contributed by atoms with Crippen molar-refractivity contribution in [2.45, 2.75) is 6.54 Å². The highest BCUT2D eigenvalue weighted by Crippen LogP contribution is 2.14. The molecule has 0 aliphatic rings. The lowest BCUT2D eigenvalue weighted by Crippen LogP contribution is -2.02. The van der Waals surface area contributed by atoms with Crippen molar-refractivity contribution in [3.8, 4) is 5.69 Å². The Morgan fingerprint density at radius 1 is 0.905 bits per heavy atom. The number of aromatic nitrogens is 3. The summed E-state index contributed by atoms with van der Waals surface area (Å²) in [7, 11) is 0. The van der Waals surface area contributed by atoms with Gasteiger partial charge in [-0.25, -0.2) is 8.78 Å². The maximum Gasteiger partial charge on any atom is 0.126 e. The summed E-state index contributed by atoms with van der Waals surface area (Å²) in [5, 5.41) is 11.2. The van der Waals surface area contributed by atoms with Crippen LogP contribution in [0.3, 0.4) is 0 Å². The van der Waals surface area contributed by atoms with Gasteiger partial charge in [0.2, 0.25) is 0 Å². The van der Waals surface area contributed by atoms with Gasteiger partial charge in [-0.15, -0.1) is 0 Å². The van der Waals surface area contributed by atoms with Crippen LogP contribution in [0.4, 0.5) is 14.5 Å². The molecule has 0 radical (unpaired) electrons. The zero-order valence-electron chi connectivity index (χ0n) is 11.0. The summed E-state index contributed by atoms with van der Waals surface area (Å²) in [5.41, 5.74) is 2.23. The summed E-state index contributed by atoms with van der Waals surface area (Å²) < 4.78 is 26.2. The molecule has 0 saturated heterocycles. The SMILES string of the molecule is Fc1cc(F)cc(CNc2ccc(-n3nccn3)cc2)c1. The van der Waals surface area contributed by atoms with E-state index in [1.165, 1.54) is 16.9 Å². The molecule has 3 rings (SSSR count). The van der Waals surface area contributed by atoms with Crippen molar-refractivity contribution in [1.29, 1.82) is 0 Å². The van der Waals surface area contributed by atoms with E-state index in [9.17, 15) is 8.78 Å². The fourth-order valence-corrected chi connectivity index (χ4v) is 1.98. The molecular formula is C15H12F2N4. The van der Waals surface area contributed by atoms with Gasteiger partial charge in [0, 0.05) is 18.3 Å². The topological polar surface area (TPSA) is 42.7 Å². The van der Waals surface area contributed by atoms with Crippen LogP contribution >= 0.6 is 0 Å². The highest BCUT2D eigenvalue weighted by Gasteiger charge is 2.01. The molecular weight excluding hydrogens is 274 g/mol. The molecule has 1 aromatic heterocycles. The van der Waals surface area contributed by atoms with Crippen LogP contribution in [0.25, 0.3) is 5.69 Å². The summed E-state index contributed by atoms with van der Waals surface area (Å²) in [6.45, 7) is 0.341. The Bertz CT molecular complexity index is 704. The first kappa shape index (κ1) is 13.2. The van der Waals surface area contributed by atoms with Crippen molar-refractivity contribution in [2.24, 2.45) is 0 Å². The monoisotopic (exact) mass is 286 g/mol. The molecule has 0 atom stereocenters. The lowest BCUT2D eigenvalue weighted by molar-refractivity contribution is 0.580. The first-order valence-electron chi connectivity index (χ1n) is 6.36. The lowest BCUT2D eigenvalue weighted by atomic mass is 10.2. The van der Waals surface area contributed by atoms with Crippen molar-refractivity contribution < 1.29 is 8.78 Å². The molecule has 4 nitrogen and oxygen atoms in total. The number of nitrogens with zero attached hydrogens (tertiary/aromatic N) is 3. The Morgan fingerprint density at radius 3 is 2.14 bits per heavy atom. The van der Waals surface area contributed by atoms with Crippen LogP contribution in [-0.2, 0) is 6.54 Å². The molecule has 106 valence electrons. The van der Waals surface area contributed by atoms with Crippen molar-refractivity contribution >= 4 is 5.69 Å². The molecule has 0 aliphatic carbocycles. The molecule has 3 aromatic rings. The molecule has 0 unspecified atom stereocenters. The molecule has 6 heteroatoms. The van der Waals surface area contributed by atoms with Crippen LogP contribution in [0.2, 0.25) is 0 Å². The largest absolute Gasteiger partial charge is 0.381 e. The van der Waals surface area contributed by atoms with Crippen molar-refractivity contribution in [3.05, 3.63) is 72.1 Å². The third-order valence-corrected chi connectivity index (χ3v) is 2.94. The average Bonchev–Trinajstić information content (AvgIpc) is 2.99. The minimum atomic E-state index is -0.577. The van der Waals surface area contributed by atoms with E-state index in [1.54, 1.807) is 12.4 Å². The first-order valence-corrected chi connectivity index (χ1v) is 6.36. The standard InChI is InChI=1S/C15H12F2N4/c16-12-7-11(8-13(17)9-12)10-18-14-1-3-15(4-2-14)21-19-5-6-20-21/h1-9,18H,10H2. The highest BCUT2D eigenvalue weighted by atomic mass is 19.1. The number of anilines is 1. The van der Waals surface area contributed by atoms with E-state index in [1.807, 2.05) is 24.3 Å². The smallest absolute Gasteiger partial charge is 0.126 e. The van der Waals surface area contributed by atoms with Crippen LogP contribution in [0, 0.1) is 11.6 Å². The minimum absolute atomic E-state index is 0.341. The number of rotatable bonds is 4. The van der Waals surface area contributed by atoms with E-state index >= 15 is 0 Å². The Hall–Kier alpha value is -2.76. The van der Waals surface area contributed by atoms with Crippen molar-refractivity contribution in [3.63, 3.8) is 0 Å². The summed E-state index contributed by atoms with van der Waals surface area (Å²) in [6.07, 6.45) is 3.20. The van der Waals surface area contributed by atoms with Crippen LogP contribution in [0.15, 0.2) is 54.9 Å². The van der Waals surface area contributed by atoms with E-state index in [2.05, 4.69) is 15.5 Å². The number of hydrogen-bond acceptors (Lipinski definition) is 3. The quantitative estimate of drug-likeness (QED) is 0.801. The van der Waals surface area contributed by atoms with Gasteiger partial charge in [-0.2, -0.15) is 15.0 Å². The lowest BCUT2D eigenvalue weighted by Gasteiger charge is -2.08. The van der Waals surface area contributed by atoms with Crippen LogP contribution in [-0.4, -0.2) is 15.0 Å². The maximum absolute atomic E-state index is 13.1. The third-order valence-electron chi connectivity index (χ3n) is 2.94. The fourth-order valence-electron chi connectivity index (χ4n) is 1.98. The number of nitrogens with one attached hydrogen (secondary N) is 1. The van der Waals surface area contributed by atoms with E-state index < -0.39 is 11.6 Å². The van der Waals surface area contributed by atoms with Crippen LogP contribution in [0.5, 0.6) is 0 Å². The molecule has 0 aliphatic heterocycles. The van der Waals surface area contributed by atoms with Gasteiger partial charge in [-0.3, -0.25) is 0 Å². The second kappa shape index (κ2) is 5.70. The Kier molecular flexibility index (Phi) is 3.59. The Labute approximate surface area is 120 Å². The van der Waals surface area contributed by atoms with Gasteiger partial charge in [0.15, 0.2) is 0 Å². The van der Waals surface area contributed by atoms with Crippen LogP contribution < -0.4 is 5.32 Å². The van der Waals surface area contributed by atoms with Gasteiger partial charge in [-0.1, -0.05) is 0 Å². The number of benzene rings is 2. The predicted octanol–water partition coefficient (Wildman–Crippen LogP) is 3.16. The average molecular weight is 286 g/mol. The molecule has 1 N–H and O–H groups in total. The minimum Gasteiger partial charge on any atom is -0.381 e. The van der Waals surface area contributed by atoms with E-state index in [-0.39, 0.29) is 0 Å². The van der Waals surface area contributed by atoms with E-state index in [4.69, 9.17) is 0 Å². The van der Waals surface area contributed by atoms with E-state index in [0.717, 1.165) is 17.4 Å². The summed E-state index contributed by atoms with van der Waals surface area (Å²) >= 11 is 0. The normalized spacial score (nSPS) is 10.6. The van der Waals surface area contributed by atoms with Gasteiger partial charge in [0.05, 0.1) is 18.1 Å². The zero-order valence-corrected chi connectivity index (χ0v) is 11.0. The maximum atomic E-state index is 13.1. The molecule has 2 aromatic carbocycles. The number of hydrogen-bond donors (Lipinski definition) is 1. The predicted molar refractivity (Wildman–Crippen MR) is 75.0 cm³/mol. The summed E-state index contributed by atoms with van der Waals surface area (Å²) in [6, 6.07) is 10.9. The van der Waals surface area contributed by atoms with Gasteiger partial charge in [0.1, 0.15) is 11.6 Å². The van der Waals surface area contributed by atoms with Crippen molar-refractivity contribution in [2.75, 3.05) is 5.32 Å². The van der Waals surface area contributed by atoms with E-state index in [0.29, 0.717) is 12.1 Å². The Morgan fingerprint density at radius 2 is 1.52 bits per heavy atom. The second-order valence-electron chi connectivity index (χ2n) is 4.50. The second-order valence-corrected chi connectivity index (χ2v) is 4.50. The molecule has 0 amide bonds. The zero-order chi connectivity index (χ0) is 14.7. The fraction of sp³-hybridized carbons (Fsp3) is 0.0667. The number of halogens is 2. The molecule has 0 fully saturated rings. The first-order chi connectivity index (χ1) is 10.2. The summed E-state index contributed by atoms with van der Waals surface area (Å²) in [5.74, 6) is -1.15. The van der Waals surface area contributed by atoms with Crippen molar-refractivity contribution in [1.82, 2.24) is 15.0 Å². The molecule has 21 heavy (non-hydrogen) atoms.